The van der Waals surface area contributed by atoms with Crippen LogP contribution in [0.3, 0.4) is 0 Å². The summed E-state index contributed by atoms with van der Waals surface area (Å²) in [5.74, 6) is 0. The third kappa shape index (κ3) is 2.32. The van der Waals surface area contributed by atoms with Gasteiger partial charge in [0.15, 0.2) is 6.29 Å². The van der Waals surface area contributed by atoms with E-state index in [1.54, 1.807) is 0 Å². The Morgan fingerprint density at radius 3 is 2.94 bits per heavy atom. The fourth-order valence-electron chi connectivity index (χ4n) is 1.81. The minimum absolute atomic E-state index is 0.768. The highest BCUT2D eigenvalue weighted by atomic mass is 127. The van der Waals surface area contributed by atoms with Crippen LogP contribution in [-0.4, -0.2) is 15.3 Å². The monoisotopic (exact) mass is 391 g/mol. The Kier molecular flexibility index (Phi) is 4.02. The smallest absolute Gasteiger partial charge is 0.152 e. The van der Waals surface area contributed by atoms with Gasteiger partial charge < -0.3 is 4.57 Å². The molecule has 0 radical (unpaired) electrons. The molecule has 2 rings (SSSR count). The predicted octanol–water partition coefficient (Wildman–Crippen LogP) is 4.04. The molecule has 0 aliphatic heterocycles. The van der Waals surface area contributed by atoms with Crippen molar-refractivity contribution in [3.63, 3.8) is 0 Å². The molecule has 0 atom stereocenters. The molecule has 16 heavy (non-hydrogen) atoms. The molecule has 0 saturated heterocycles. The second-order valence-corrected chi connectivity index (χ2v) is 5.59. The summed E-state index contributed by atoms with van der Waals surface area (Å²) in [7, 11) is 0. The van der Waals surface area contributed by atoms with Gasteiger partial charge in [-0.15, -0.1) is 0 Å². The van der Waals surface area contributed by atoms with E-state index < -0.39 is 0 Å². The minimum Gasteiger partial charge on any atom is -0.347 e. The van der Waals surface area contributed by atoms with Crippen molar-refractivity contribution in [1.82, 2.24) is 4.57 Å². The lowest BCUT2D eigenvalue weighted by atomic mass is 10.2. The van der Waals surface area contributed by atoms with E-state index in [0.717, 1.165) is 44.6 Å². The Bertz CT molecular complexity index is 521. The number of benzene rings is 1. The zero-order valence-corrected chi connectivity index (χ0v) is 12.4. The lowest BCUT2D eigenvalue weighted by Gasteiger charge is -2.03. The molecule has 0 spiro atoms. The average molecular weight is 392 g/mol. The van der Waals surface area contributed by atoms with Crippen LogP contribution in [0.25, 0.3) is 10.9 Å². The zero-order chi connectivity index (χ0) is 11.5. The van der Waals surface area contributed by atoms with E-state index in [2.05, 4.69) is 49.2 Å². The molecular weight excluding hydrogens is 381 g/mol. The molecule has 1 aromatic heterocycles. The van der Waals surface area contributed by atoms with Gasteiger partial charge in [-0.05, 0) is 24.6 Å². The SMILES string of the molecule is O=Cc1cn(CCCI)c2ccc(Br)cc12. The predicted molar refractivity (Wildman–Crippen MR) is 78.5 cm³/mol. The Morgan fingerprint density at radius 2 is 2.25 bits per heavy atom. The molecule has 0 aliphatic rings. The number of aromatic nitrogens is 1. The molecule has 2 nitrogen and oxygen atoms in total. The van der Waals surface area contributed by atoms with Gasteiger partial charge in [0, 0.05) is 38.1 Å². The highest BCUT2D eigenvalue weighted by Crippen LogP contribution is 2.24. The number of nitrogens with zero attached hydrogens (tertiary/aromatic N) is 1. The number of aldehydes is 1. The fraction of sp³-hybridized carbons (Fsp3) is 0.250. The summed E-state index contributed by atoms with van der Waals surface area (Å²) in [6.45, 7) is 0.967. The second kappa shape index (κ2) is 5.31. The van der Waals surface area contributed by atoms with Gasteiger partial charge in [-0.1, -0.05) is 38.5 Å². The first kappa shape index (κ1) is 12.1. The van der Waals surface area contributed by atoms with Gasteiger partial charge in [0.25, 0.3) is 0 Å². The Hall–Kier alpha value is -0.360. The number of carbonyl (C=O) groups excluding carboxylic acids is 1. The van der Waals surface area contributed by atoms with Crippen molar-refractivity contribution in [3.05, 3.63) is 34.4 Å². The molecular formula is C12H11BrINO. The highest BCUT2D eigenvalue weighted by molar-refractivity contribution is 14.1. The van der Waals surface area contributed by atoms with Crippen molar-refractivity contribution in [2.45, 2.75) is 13.0 Å². The number of rotatable bonds is 4. The molecule has 0 fully saturated rings. The van der Waals surface area contributed by atoms with Crippen molar-refractivity contribution in [1.29, 1.82) is 0 Å². The molecule has 0 N–H and O–H groups in total. The lowest BCUT2D eigenvalue weighted by Crippen LogP contribution is -1.96. The van der Waals surface area contributed by atoms with Gasteiger partial charge in [0.2, 0.25) is 0 Å². The Labute approximate surface area is 116 Å². The maximum absolute atomic E-state index is 11.0. The number of aryl methyl sites for hydroxylation is 1. The van der Waals surface area contributed by atoms with Crippen molar-refractivity contribution in [3.8, 4) is 0 Å². The maximum Gasteiger partial charge on any atom is 0.152 e. The molecule has 0 unspecified atom stereocenters. The van der Waals surface area contributed by atoms with Gasteiger partial charge in [-0.25, -0.2) is 0 Å². The van der Waals surface area contributed by atoms with Crippen LogP contribution in [0.2, 0.25) is 0 Å². The van der Waals surface area contributed by atoms with Crippen molar-refractivity contribution in [2.24, 2.45) is 0 Å². The normalized spacial score (nSPS) is 10.9. The number of hydrogen-bond acceptors (Lipinski definition) is 1. The first-order chi connectivity index (χ1) is 7.76. The van der Waals surface area contributed by atoms with E-state index in [4.69, 9.17) is 0 Å². The number of hydrogen-bond donors (Lipinski definition) is 0. The number of halogens is 2. The quantitative estimate of drug-likeness (QED) is 0.438. The van der Waals surface area contributed by atoms with E-state index in [-0.39, 0.29) is 0 Å². The molecule has 4 heteroatoms. The summed E-state index contributed by atoms with van der Waals surface area (Å²) >= 11 is 5.80. The summed E-state index contributed by atoms with van der Waals surface area (Å²) in [5.41, 5.74) is 1.90. The van der Waals surface area contributed by atoms with E-state index in [0.29, 0.717) is 0 Å². The van der Waals surface area contributed by atoms with Crippen LogP contribution in [-0.2, 0) is 6.54 Å². The molecule has 84 valence electrons. The van der Waals surface area contributed by atoms with E-state index in [1.165, 1.54) is 0 Å². The van der Waals surface area contributed by atoms with Crippen LogP contribution < -0.4 is 0 Å². The largest absolute Gasteiger partial charge is 0.347 e. The highest BCUT2D eigenvalue weighted by Gasteiger charge is 2.07. The van der Waals surface area contributed by atoms with Crippen molar-refractivity contribution in [2.75, 3.05) is 4.43 Å². The first-order valence-corrected chi connectivity index (χ1v) is 7.37. The number of carbonyl (C=O) groups is 1. The number of fused-ring (bicyclic) bond motifs is 1. The molecule has 0 bridgehead atoms. The molecule has 0 amide bonds. The first-order valence-electron chi connectivity index (χ1n) is 5.06. The Balaban J connectivity index is 2.54. The zero-order valence-electron chi connectivity index (χ0n) is 8.62. The van der Waals surface area contributed by atoms with Crippen molar-refractivity contribution >= 4 is 55.7 Å². The summed E-state index contributed by atoms with van der Waals surface area (Å²) < 4.78 is 4.30. The van der Waals surface area contributed by atoms with E-state index >= 15 is 0 Å². The van der Waals surface area contributed by atoms with Gasteiger partial charge in [-0.2, -0.15) is 0 Å². The second-order valence-electron chi connectivity index (χ2n) is 3.60. The molecule has 0 saturated carbocycles. The van der Waals surface area contributed by atoms with Crippen LogP contribution in [0.1, 0.15) is 16.8 Å². The van der Waals surface area contributed by atoms with Crippen LogP contribution in [0, 0.1) is 0 Å². The van der Waals surface area contributed by atoms with Crippen LogP contribution in [0.4, 0.5) is 0 Å². The lowest BCUT2D eigenvalue weighted by molar-refractivity contribution is 0.112. The molecule has 1 aromatic carbocycles. The van der Waals surface area contributed by atoms with E-state index in [1.807, 2.05) is 18.3 Å². The summed E-state index contributed by atoms with van der Waals surface area (Å²) in [5, 5.41) is 1.03. The summed E-state index contributed by atoms with van der Waals surface area (Å²) in [4.78, 5) is 11.0. The van der Waals surface area contributed by atoms with E-state index in [9.17, 15) is 4.79 Å². The fourth-order valence-corrected chi connectivity index (χ4v) is 2.51. The summed E-state index contributed by atoms with van der Waals surface area (Å²) in [6.07, 6.45) is 3.99. The van der Waals surface area contributed by atoms with Gasteiger partial charge in [0.1, 0.15) is 0 Å². The average Bonchev–Trinajstić information content (AvgIpc) is 2.63. The third-order valence-corrected chi connectivity index (χ3v) is 3.79. The molecule has 0 aliphatic carbocycles. The van der Waals surface area contributed by atoms with Crippen LogP contribution in [0.5, 0.6) is 0 Å². The van der Waals surface area contributed by atoms with Gasteiger partial charge in [0.05, 0.1) is 0 Å². The van der Waals surface area contributed by atoms with Crippen LogP contribution in [0.15, 0.2) is 28.9 Å². The van der Waals surface area contributed by atoms with Gasteiger partial charge >= 0.3 is 0 Å². The topological polar surface area (TPSA) is 22.0 Å². The van der Waals surface area contributed by atoms with Gasteiger partial charge in [-0.3, -0.25) is 4.79 Å². The van der Waals surface area contributed by atoms with Crippen LogP contribution >= 0.6 is 38.5 Å². The minimum atomic E-state index is 0.768. The number of alkyl halides is 1. The van der Waals surface area contributed by atoms with Crippen molar-refractivity contribution < 1.29 is 4.79 Å². The standard InChI is InChI=1S/C12H11BrINO/c13-10-2-3-12-11(6-10)9(8-16)7-15(12)5-1-4-14/h2-3,6-8H,1,4-5H2. The molecule has 1 heterocycles. The molecule has 2 aromatic rings. The Morgan fingerprint density at radius 1 is 1.44 bits per heavy atom. The summed E-state index contributed by atoms with van der Waals surface area (Å²) in [6, 6.07) is 6.07. The third-order valence-electron chi connectivity index (χ3n) is 2.53. The maximum atomic E-state index is 11.0.